The number of nitrogens with zero attached hydrogens (tertiary/aromatic N) is 4. The molecule has 3 aromatic rings. The third kappa shape index (κ3) is 5.48. The summed E-state index contributed by atoms with van der Waals surface area (Å²) in [6.45, 7) is 4.00. The van der Waals surface area contributed by atoms with Crippen molar-refractivity contribution >= 4 is 28.8 Å². The molecule has 0 radical (unpaired) electrons. The van der Waals surface area contributed by atoms with Gasteiger partial charge in [0, 0.05) is 49.8 Å². The van der Waals surface area contributed by atoms with E-state index in [4.69, 9.17) is 4.52 Å². The van der Waals surface area contributed by atoms with E-state index >= 15 is 0 Å². The molecule has 0 spiro atoms. The van der Waals surface area contributed by atoms with Crippen LogP contribution in [0.1, 0.15) is 35.5 Å². The van der Waals surface area contributed by atoms with Crippen molar-refractivity contribution in [2.75, 3.05) is 38.0 Å². The Kier molecular flexibility index (Phi) is 6.50. The highest BCUT2D eigenvalue weighted by Crippen LogP contribution is 2.30. The van der Waals surface area contributed by atoms with E-state index < -0.39 is 0 Å². The number of anilines is 1. The molecule has 5 rings (SSSR count). The van der Waals surface area contributed by atoms with Gasteiger partial charge in [-0.05, 0) is 55.5 Å². The standard InChI is InChI=1S/C24H27N5O3S/c30-23(17-8-9-17)25-19-5-1-4-18(16-19)24(31)29-13-11-28(12-14-29)10-2-7-21-26-22(27-32-21)20-6-3-15-33-20/h1,3-6,15-17H,2,7-14H2,(H,25,30). The van der Waals surface area contributed by atoms with Crippen molar-refractivity contribution in [2.24, 2.45) is 5.92 Å². The van der Waals surface area contributed by atoms with Gasteiger partial charge in [0.05, 0.1) is 4.88 Å². The lowest BCUT2D eigenvalue weighted by Crippen LogP contribution is -2.48. The fraction of sp³-hybridized carbons (Fsp3) is 0.417. The van der Waals surface area contributed by atoms with Gasteiger partial charge >= 0.3 is 0 Å². The Morgan fingerprint density at radius 2 is 1.97 bits per heavy atom. The second kappa shape index (κ2) is 9.84. The summed E-state index contributed by atoms with van der Waals surface area (Å²) in [6, 6.07) is 11.2. The summed E-state index contributed by atoms with van der Waals surface area (Å²) in [7, 11) is 0. The van der Waals surface area contributed by atoms with Crippen LogP contribution in [-0.4, -0.2) is 64.5 Å². The molecule has 8 nitrogen and oxygen atoms in total. The Bertz CT molecular complexity index is 1100. The van der Waals surface area contributed by atoms with E-state index in [-0.39, 0.29) is 17.7 Å². The lowest BCUT2D eigenvalue weighted by atomic mass is 10.1. The first-order valence-corrected chi connectivity index (χ1v) is 12.3. The number of aromatic nitrogens is 2. The zero-order valence-electron chi connectivity index (χ0n) is 18.4. The molecule has 172 valence electrons. The van der Waals surface area contributed by atoms with Gasteiger partial charge in [-0.2, -0.15) is 4.98 Å². The molecule has 0 unspecified atom stereocenters. The molecule has 1 aromatic carbocycles. The third-order valence-corrected chi connectivity index (χ3v) is 6.93. The number of carbonyl (C=O) groups is 2. The van der Waals surface area contributed by atoms with Gasteiger partial charge in [-0.1, -0.05) is 17.3 Å². The molecular weight excluding hydrogens is 438 g/mol. The van der Waals surface area contributed by atoms with Crippen molar-refractivity contribution in [3.63, 3.8) is 0 Å². The summed E-state index contributed by atoms with van der Waals surface area (Å²) < 4.78 is 5.37. The maximum Gasteiger partial charge on any atom is 0.254 e. The highest BCUT2D eigenvalue weighted by molar-refractivity contribution is 7.13. The number of aryl methyl sites for hydroxylation is 1. The number of hydrogen-bond donors (Lipinski definition) is 1. The van der Waals surface area contributed by atoms with Gasteiger partial charge in [0.2, 0.25) is 17.6 Å². The molecule has 0 bridgehead atoms. The number of hydrogen-bond acceptors (Lipinski definition) is 7. The van der Waals surface area contributed by atoms with Gasteiger partial charge < -0.3 is 14.7 Å². The highest BCUT2D eigenvalue weighted by Gasteiger charge is 2.29. The zero-order valence-corrected chi connectivity index (χ0v) is 19.2. The fourth-order valence-corrected chi connectivity index (χ4v) is 4.64. The third-order valence-electron chi connectivity index (χ3n) is 6.06. The Hall–Kier alpha value is -3.04. The lowest BCUT2D eigenvalue weighted by Gasteiger charge is -2.34. The number of carbonyl (C=O) groups excluding carboxylic acids is 2. The lowest BCUT2D eigenvalue weighted by molar-refractivity contribution is -0.117. The molecule has 1 saturated heterocycles. The maximum absolute atomic E-state index is 13.0. The normalized spacial score (nSPS) is 16.7. The van der Waals surface area contributed by atoms with Crippen molar-refractivity contribution in [2.45, 2.75) is 25.7 Å². The minimum atomic E-state index is 0.0177. The van der Waals surface area contributed by atoms with Gasteiger partial charge in [-0.25, -0.2) is 0 Å². The Morgan fingerprint density at radius 1 is 1.12 bits per heavy atom. The van der Waals surface area contributed by atoms with Gasteiger partial charge in [0.15, 0.2) is 0 Å². The number of nitrogens with one attached hydrogen (secondary N) is 1. The predicted molar refractivity (Wildman–Crippen MR) is 126 cm³/mol. The molecule has 1 saturated carbocycles. The molecule has 2 fully saturated rings. The number of amides is 2. The molecular formula is C24H27N5O3S. The minimum Gasteiger partial charge on any atom is -0.339 e. The van der Waals surface area contributed by atoms with Crippen molar-refractivity contribution in [1.82, 2.24) is 19.9 Å². The molecule has 3 heterocycles. The van der Waals surface area contributed by atoms with Crippen molar-refractivity contribution in [3.05, 3.63) is 53.2 Å². The summed E-state index contributed by atoms with van der Waals surface area (Å²) in [5, 5.41) is 8.98. The van der Waals surface area contributed by atoms with Crippen LogP contribution < -0.4 is 5.32 Å². The van der Waals surface area contributed by atoms with Gasteiger partial charge in [0.1, 0.15) is 0 Å². The van der Waals surface area contributed by atoms with Crippen molar-refractivity contribution in [1.29, 1.82) is 0 Å². The van der Waals surface area contributed by atoms with Crippen LogP contribution in [0.15, 0.2) is 46.3 Å². The van der Waals surface area contributed by atoms with E-state index in [0.717, 1.165) is 50.2 Å². The van der Waals surface area contributed by atoms with E-state index in [1.165, 1.54) is 0 Å². The SMILES string of the molecule is O=C(Nc1cccc(C(=O)N2CCN(CCCc3nc(-c4cccs4)no3)CC2)c1)C1CC1. The molecule has 1 aliphatic carbocycles. The predicted octanol–water partition coefficient (Wildman–Crippen LogP) is 3.54. The molecule has 0 atom stereocenters. The quantitative estimate of drug-likeness (QED) is 0.547. The highest BCUT2D eigenvalue weighted by atomic mass is 32.1. The first-order valence-electron chi connectivity index (χ1n) is 11.4. The Labute approximate surface area is 196 Å². The molecule has 1 N–H and O–H groups in total. The van der Waals surface area contributed by atoms with Crippen LogP contribution in [0.25, 0.3) is 10.7 Å². The average Bonchev–Trinajstić information content (AvgIpc) is 3.34. The Balaban J connectivity index is 1.06. The fourth-order valence-electron chi connectivity index (χ4n) is 3.99. The van der Waals surface area contributed by atoms with Crippen LogP contribution in [-0.2, 0) is 11.2 Å². The van der Waals surface area contributed by atoms with E-state index in [0.29, 0.717) is 36.1 Å². The monoisotopic (exact) mass is 465 g/mol. The second-order valence-corrected chi connectivity index (χ2v) is 9.52. The van der Waals surface area contributed by atoms with Crippen LogP contribution in [0.5, 0.6) is 0 Å². The van der Waals surface area contributed by atoms with E-state index in [2.05, 4.69) is 20.4 Å². The second-order valence-electron chi connectivity index (χ2n) is 8.57. The maximum atomic E-state index is 13.0. The van der Waals surface area contributed by atoms with Gasteiger partial charge in [-0.3, -0.25) is 14.5 Å². The van der Waals surface area contributed by atoms with Crippen LogP contribution >= 0.6 is 11.3 Å². The van der Waals surface area contributed by atoms with Crippen LogP contribution in [0.4, 0.5) is 5.69 Å². The summed E-state index contributed by atoms with van der Waals surface area (Å²) in [5.41, 5.74) is 1.31. The van der Waals surface area contributed by atoms with E-state index in [1.807, 2.05) is 40.6 Å². The number of piperazine rings is 1. The number of thiophene rings is 1. The average molecular weight is 466 g/mol. The first kappa shape index (κ1) is 21.8. The van der Waals surface area contributed by atoms with Crippen molar-refractivity contribution < 1.29 is 14.1 Å². The summed E-state index contributed by atoms with van der Waals surface area (Å²) in [5.74, 6) is 1.53. The van der Waals surface area contributed by atoms with Crippen molar-refractivity contribution in [3.8, 4) is 10.7 Å². The molecule has 2 aromatic heterocycles. The first-order chi connectivity index (χ1) is 16.2. The molecule has 33 heavy (non-hydrogen) atoms. The smallest absolute Gasteiger partial charge is 0.254 e. The molecule has 1 aliphatic heterocycles. The van der Waals surface area contributed by atoms with Gasteiger partial charge in [-0.15, -0.1) is 11.3 Å². The number of rotatable bonds is 8. The van der Waals surface area contributed by atoms with E-state index in [1.54, 1.807) is 17.4 Å². The molecule has 2 aliphatic rings. The van der Waals surface area contributed by atoms with Crippen LogP contribution in [0, 0.1) is 5.92 Å². The zero-order chi connectivity index (χ0) is 22.6. The largest absolute Gasteiger partial charge is 0.339 e. The molecule has 2 amide bonds. The van der Waals surface area contributed by atoms with Crippen LogP contribution in [0.3, 0.4) is 0 Å². The van der Waals surface area contributed by atoms with Gasteiger partial charge in [0.25, 0.3) is 5.91 Å². The topological polar surface area (TPSA) is 91.6 Å². The summed E-state index contributed by atoms with van der Waals surface area (Å²) >= 11 is 1.60. The minimum absolute atomic E-state index is 0.0177. The Morgan fingerprint density at radius 3 is 2.73 bits per heavy atom. The summed E-state index contributed by atoms with van der Waals surface area (Å²) in [6.07, 6.45) is 3.60. The summed E-state index contributed by atoms with van der Waals surface area (Å²) in [4.78, 5) is 34.7. The molecule has 9 heteroatoms. The van der Waals surface area contributed by atoms with E-state index in [9.17, 15) is 9.59 Å². The number of benzene rings is 1. The van der Waals surface area contributed by atoms with Crippen LogP contribution in [0.2, 0.25) is 0 Å².